The van der Waals surface area contributed by atoms with E-state index in [2.05, 4.69) is 21.2 Å². The second-order valence-corrected chi connectivity index (χ2v) is 5.47. The summed E-state index contributed by atoms with van der Waals surface area (Å²) < 4.78 is 0.863. The van der Waals surface area contributed by atoms with Crippen molar-refractivity contribution >= 4 is 34.0 Å². The summed E-state index contributed by atoms with van der Waals surface area (Å²) in [5.74, 6) is -0.294. The first-order valence-corrected chi connectivity index (χ1v) is 7.12. The predicted octanol–water partition coefficient (Wildman–Crippen LogP) is 1.50. The van der Waals surface area contributed by atoms with Crippen molar-refractivity contribution in [1.82, 2.24) is 10.2 Å². The molecule has 0 aliphatic carbocycles. The normalized spacial score (nSPS) is 14.9. The lowest BCUT2D eigenvalue weighted by Gasteiger charge is -2.22. The number of nitrogens with zero attached hydrogens (tertiary/aromatic N) is 1. The molecule has 1 N–H and O–H groups in total. The summed E-state index contributed by atoms with van der Waals surface area (Å²) >= 11 is 3.42. The Balaban J connectivity index is 2.14. The fourth-order valence-electron chi connectivity index (χ4n) is 2.29. The zero-order valence-electron chi connectivity index (χ0n) is 11.1. The highest BCUT2D eigenvalue weighted by molar-refractivity contribution is 9.10. The maximum absolute atomic E-state index is 12.3. The molecular weight excluding hydrogens is 324 g/mol. The van der Waals surface area contributed by atoms with Gasteiger partial charge in [0.25, 0.3) is 5.91 Å². The number of carbonyl (C=O) groups is 3. The van der Waals surface area contributed by atoms with E-state index in [1.807, 2.05) is 6.07 Å². The molecule has 0 saturated heterocycles. The van der Waals surface area contributed by atoms with Crippen LogP contribution in [0.3, 0.4) is 0 Å². The van der Waals surface area contributed by atoms with Gasteiger partial charge in [-0.05, 0) is 24.1 Å². The van der Waals surface area contributed by atoms with Crippen LogP contribution in [0.4, 0.5) is 0 Å². The van der Waals surface area contributed by atoms with Gasteiger partial charge in [0, 0.05) is 30.0 Å². The van der Waals surface area contributed by atoms with Crippen molar-refractivity contribution in [1.29, 1.82) is 0 Å². The van der Waals surface area contributed by atoms with Crippen LogP contribution in [-0.2, 0) is 16.1 Å². The molecule has 6 heteroatoms. The van der Waals surface area contributed by atoms with Crippen molar-refractivity contribution in [2.45, 2.75) is 25.4 Å². The monoisotopic (exact) mass is 338 g/mol. The molecule has 1 aromatic rings. The molecule has 1 aliphatic rings. The number of aldehydes is 1. The molecule has 2 rings (SSSR count). The third-order valence-corrected chi connectivity index (χ3v) is 4.18. The summed E-state index contributed by atoms with van der Waals surface area (Å²) in [5.41, 5.74) is 1.51. The maximum Gasteiger partial charge on any atom is 0.255 e. The van der Waals surface area contributed by atoms with E-state index in [9.17, 15) is 14.4 Å². The standard InChI is InChI=1S/C14H15BrN2O3/c1-16-13(19)6-5-9(8-18)17-7-11-10(14(17)20)3-2-4-12(11)15/h2-4,8-9H,5-7H2,1H3,(H,16,19). The van der Waals surface area contributed by atoms with Gasteiger partial charge in [-0.1, -0.05) is 22.0 Å². The molecule has 2 amide bonds. The Morgan fingerprint density at radius 3 is 2.90 bits per heavy atom. The van der Waals surface area contributed by atoms with E-state index in [0.29, 0.717) is 18.5 Å². The number of benzene rings is 1. The van der Waals surface area contributed by atoms with E-state index in [1.54, 1.807) is 19.2 Å². The molecule has 0 spiro atoms. The SMILES string of the molecule is CNC(=O)CCC(C=O)N1Cc2c(Br)cccc2C1=O. The van der Waals surface area contributed by atoms with Crippen LogP contribution in [0.15, 0.2) is 22.7 Å². The van der Waals surface area contributed by atoms with E-state index in [1.165, 1.54) is 4.90 Å². The van der Waals surface area contributed by atoms with E-state index >= 15 is 0 Å². The van der Waals surface area contributed by atoms with Crippen LogP contribution in [0.25, 0.3) is 0 Å². The average molecular weight is 339 g/mol. The van der Waals surface area contributed by atoms with Crippen molar-refractivity contribution in [3.8, 4) is 0 Å². The lowest BCUT2D eigenvalue weighted by Crippen LogP contribution is -2.37. The zero-order valence-corrected chi connectivity index (χ0v) is 12.6. The lowest BCUT2D eigenvalue weighted by atomic mass is 10.1. The molecule has 0 radical (unpaired) electrons. The Bertz CT molecular complexity index is 559. The fraction of sp³-hybridized carbons (Fsp3) is 0.357. The Kier molecular flexibility index (Phi) is 4.54. The van der Waals surface area contributed by atoms with Gasteiger partial charge in [0.05, 0.1) is 6.04 Å². The highest BCUT2D eigenvalue weighted by atomic mass is 79.9. The molecular formula is C14H15BrN2O3. The highest BCUT2D eigenvalue weighted by Crippen LogP contribution is 2.30. The zero-order chi connectivity index (χ0) is 14.7. The van der Waals surface area contributed by atoms with Crippen LogP contribution in [-0.4, -0.2) is 36.1 Å². The first kappa shape index (κ1) is 14.7. The largest absolute Gasteiger partial charge is 0.359 e. The van der Waals surface area contributed by atoms with Gasteiger partial charge in [0.1, 0.15) is 6.29 Å². The molecule has 1 aliphatic heterocycles. The molecule has 106 valence electrons. The van der Waals surface area contributed by atoms with Gasteiger partial charge in [-0.15, -0.1) is 0 Å². The Morgan fingerprint density at radius 2 is 2.30 bits per heavy atom. The van der Waals surface area contributed by atoms with Gasteiger partial charge in [0.2, 0.25) is 5.91 Å². The molecule has 5 nitrogen and oxygen atoms in total. The van der Waals surface area contributed by atoms with Crippen LogP contribution in [0.1, 0.15) is 28.8 Å². The van der Waals surface area contributed by atoms with Crippen molar-refractivity contribution in [2.24, 2.45) is 0 Å². The van der Waals surface area contributed by atoms with Crippen LogP contribution >= 0.6 is 15.9 Å². The third kappa shape index (κ3) is 2.75. The van der Waals surface area contributed by atoms with Crippen molar-refractivity contribution in [3.05, 3.63) is 33.8 Å². The minimum atomic E-state index is -0.570. The highest BCUT2D eigenvalue weighted by Gasteiger charge is 2.33. The van der Waals surface area contributed by atoms with Gasteiger partial charge < -0.3 is 15.0 Å². The van der Waals surface area contributed by atoms with Crippen molar-refractivity contribution in [3.63, 3.8) is 0 Å². The molecule has 0 fully saturated rings. The van der Waals surface area contributed by atoms with Gasteiger partial charge in [-0.25, -0.2) is 0 Å². The Hall–Kier alpha value is -1.69. The maximum atomic E-state index is 12.3. The predicted molar refractivity (Wildman–Crippen MR) is 77.2 cm³/mol. The van der Waals surface area contributed by atoms with E-state index in [4.69, 9.17) is 0 Å². The number of fused-ring (bicyclic) bond motifs is 1. The molecule has 1 aromatic carbocycles. The first-order chi connectivity index (χ1) is 9.58. The Labute approximate surface area is 125 Å². The van der Waals surface area contributed by atoms with Crippen LogP contribution in [0.2, 0.25) is 0 Å². The van der Waals surface area contributed by atoms with Crippen LogP contribution < -0.4 is 5.32 Å². The third-order valence-electron chi connectivity index (χ3n) is 3.44. The molecule has 0 aromatic heterocycles. The smallest absolute Gasteiger partial charge is 0.255 e. The summed E-state index contributed by atoms with van der Waals surface area (Å²) in [6.07, 6.45) is 1.29. The van der Waals surface area contributed by atoms with Crippen LogP contribution in [0, 0.1) is 0 Å². The van der Waals surface area contributed by atoms with Crippen molar-refractivity contribution < 1.29 is 14.4 Å². The second-order valence-electron chi connectivity index (χ2n) is 4.61. The summed E-state index contributed by atoms with van der Waals surface area (Å²) in [7, 11) is 1.55. The molecule has 1 heterocycles. The minimum absolute atomic E-state index is 0.137. The number of amides is 2. The quantitative estimate of drug-likeness (QED) is 0.827. The molecule has 1 unspecified atom stereocenters. The van der Waals surface area contributed by atoms with Gasteiger partial charge >= 0.3 is 0 Å². The van der Waals surface area contributed by atoms with Gasteiger partial charge in [-0.3, -0.25) is 9.59 Å². The van der Waals surface area contributed by atoms with E-state index in [0.717, 1.165) is 16.3 Å². The number of nitrogens with one attached hydrogen (secondary N) is 1. The number of hydrogen-bond donors (Lipinski definition) is 1. The summed E-state index contributed by atoms with van der Waals surface area (Å²) in [5, 5.41) is 2.51. The minimum Gasteiger partial charge on any atom is -0.359 e. The summed E-state index contributed by atoms with van der Waals surface area (Å²) in [6, 6.07) is 4.85. The van der Waals surface area contributed by atoms with Crippen LogP contribution in [0.5, 0.6) is 0 Å². The molecule has 20 heavy (non-hydrogen) atoms. The Morgan fingerprint density at radius 1 is 1.55 bits per heavy atom. The molecule has 1 atom stereocenters. The fourth-order valence-corrected chi connectivity index (χ4v) is 2.78. The molecule has 0 bridgehead atoms. The molecule has 0 saturated carbocycles. The second kappa shape index (κ2) is 6.17. The van der Waals surface area contributed by atoms with E-state index in [-0.39, 0.29) is 18.2 Å². The average Bonchev–Trinajstić information content (AvgIpc) is 2.79. The van der Waals surface area contributed by atoms with Gasteiger partial charge in [-0.2, -0.15) is 0 Å². The van der Waals surface area contributed by atoms with Crippen molar-refractivity contribution in [2.75, 3.05) is 7.05 Å². The lowest BCUT2D eigenvalue weighted by molar-refractivity contribution is -0.121. The van der Waals surface area contributed by atoms with E-state index < -0.39 is 6.04 Å². The first-order valence-electron chi connectivity index (χ1n) is 6.32. The number of halogens is 1. The topological polar surface area (TPSA) is 66.5 Å². The summed E-state index contributed by atoms with van der Waals surface area (Å²) in [4.78, 5) is 36.3. The number of hydrogen-bond acceptors (Lipinski definition) is 3. The number of carbonyl (C=O) groups excluding carboxylic acids is 3. The summed E-state index contributed by atoms with van der Waals surface area (Å²) in [6.45, 7) is 0.396. The van der Waals surface area contributed by atoms with Gasteiger partial charge in [0.15, 0.2) is 0 Å². The number of rotatable bonds is 5.